The van der Waals surface area contributed by atoms with Gasteiger partial charge in [0.15, 0.2) is 0 Å². The van der Waals surface area contributed by atoms with Crippen LogP contribution in [0.2, 0.25) is 0 Å². The number of nitrogens with one attached hydrogen (secondary N) is 1. The summed E-state index contributed by atoms with van der Waals surface area (Å²) >= 11 is 5.51. The lowest BCUT2D eigenvalue weighted by atomic mass is 10.1. The predicted octanol–water partition coefficient (Wildman–Crippen LogP) is 2.50. The van der Waals surface area contributed by atoms with Crippen LogP contribution in [0.3, 0.4) is 0 Å². The lowest BCUT2D eigenvalue weighted by Gasteiger charge is -2.13. The quantitative estimate of drug-likeness (QED) is 0.617. The van der Waals surface area contributed by atoms with Crippen LogP contribution in [-0.4, -0.2) is 11.8 Å². The average molecular weight is 236 g/mol. The monoisotopic (exact) mass is 235 g/mol. The molecule has 0 fully saturated rings. The van der Waals surface area contributed by atoms with Crippen LogP contribution in [0.1, 0.15) is 24.4 Å². The van der Waals surface area contributed by atoms with E-state index in [1.54, 1.807) is 0 Å². The molecule has 0 bridgehead atoms. The molecule has 0 aliphatic heterocycles. The molecule has 0 aliphatic carbocycles. The second kappa shape index (κ2) is 6.92. The van der Waals surface area contributed by atoms with Crippen LogP contribution >= 0.6 is 11.6 Å². The molecule has 0 unspecified atom stereocenters. The van der Waals surface area contributed by atoms with Gasteiger partial charge in [-0.2, -0.15) is 0 Å². The van der Waals surface area contributed by atoms with Crippen LogP contribution in [0.25, 0.3) is 0 Å². The Morgan fingerprint density at radius 1 is 1.44 bits per heavy atom. The van der Waals surface area contributed by atoms with Crippen molar-refractivity contribution >= 4 is 17.5 Å². The van der Waals surface area contributed by atoms with Gasteiger partial charge in [-0.05, 0) is 12.0 Å². The third-order valence-corrected chi connectivity index (χ3v) is 2.41. The molecule has 1 aromatic rings. The molecule has 3 heteroatoms. The van der Waals surface area contributed by atoms with Gasteiger partial charge in [0, 0.05) is 12.3 Å². The standard InChI is InChI=1S/C13H14ClNO/c1-2-12(11-7-4-3-5-8-11)15-13(16)9-6-10-14/h1,3-5,7-8,12H,6,9-10H2,(H,15,16)/t12-/m0/s1. The number of carbonyl (C=O) groups excluding carboxylic acids is 1. The highest BCUT2D eigenvalue weighted by Crippen LogP contribution is 2.11. The van der Waals surface area contributed by atoms with Crippen molar-refractivity contribution in [2.75, 3.05) is 5.88 Å². The lowest BCUT2D eigenvalue weighted by molar-refractivity contribution is -0.121. The van der Waals surface area contributed by atoms with Gasteiger partial charge in [0.2, 0.25) is 5.91 Å². The molecule has 0 saturated carbocycles. The number of hydrogen-bond donors (Lipinski definition) is 1. The molecule has 1 aromatic carbocycles. The molecule has 2 nitrogen and oxygen atoms in total. The maximum Gasteiger partial charge on any atom is 0.221 e. The minimum atomic E-state index is -0.357. The molecule has 84 valence electrons. The number of rotatable bonds is 5. The maximum atomic E-state index is 11.5. The normalized spacial score (nSPS) is 11.5. The Balaban J connectivity index is 2.57. The third kappa shape index (κ3) is 3.96. The summed E-state index contributed by atoms with van der Waals surface area (Å²) in [7, 11) is 0. The summed E-state index contributed by atoms with van der Waals surface area (Å²) in [6.07, 6.45) is 6.47. The Morgan fingerprint density at radius 2 is 2.12 bits per heavy atom. The van der Waals surface area contributed by atoms with E-state index in [9.17, 15) is 4.79 Å². The first-order chi connectivity index (χ1) is 7.77. The fraction of sp³-hybridized carbons (Fsp3) is 0.308. The topological polar surface area (TPSA) is 29.1 Å². The van der Waals surface area contributed by atoms with E-state index in [0.717, 1.165) is 5.56 Å². The van der Waals surface area contributed by atoms with E-state index < -0.39 is 0 Å². The van der Waals surface area contributed by atoms with Crippen molar-refractivity contribution in [1.82, 2.24) is 5.32 Å². The molecule has 0 aromatic heterocycles. The number of benzene rings is 1. The Morgan fingerprint density at radius 3 is 2.69 bits per heavy atom. The summed E-state index contributed by atoms with van der Waals surface area (Å²) in [5.74, 6) is 2.98. The first-order valence-electron chi connectivity index (χ1n) is 5.14. The van der Waals surface area contributed by atoms with Crippen LogP contribution in [0.15, 0.2) is 30.3 Å². The number of amides is 1. The molecule has 0 heterocycles. The smallest absolute Gasteiger partial charge is 0.221 e. The van der Waals surface area contributed by atoms with Crippen LogP contribution in [0, 0.1) is 12.3 Å². The first-order valence-corrected chi connectivity index (χ1v) is 5.67. The van der Waals surface area contributed by atoms with Gasteiger partial charge in [0.05, 0.1) is 0 Å². The highest BCUT2D eigenvalue weighted by atomic mass is 35.5. The fourth-order valence-corrected chi connectivity index (χ4v) is 1.46. The molecular formula is C13H14ClNO. The van der Waals surface area contributed by atoms with Crippen LogP contribution in [0.4, 0.5) is 0 Å². The van der Waals surface area contributed by atoms with E-state index in [2.05, 4.69) is 11.2 Å². The van der Waals surface area contributed by atoms with Gasteiger partial charge in [-0.15, -0.1) is 18.0 Å². The lowest BCUT2D eigenvalue weighted by Crippen LogP contribution is -2.27. The molecule has 0 radical (unpaired) electrons. The van der Waals surface area contributed by atoms with E-state index >= 15 is 0 Å². The fourth-order valence-electron chi connectivity index (χ4n) is 1.33. The van der Waals surface area contributed by atoms with Crippen LogP contribution in [0.5, 0.6) is 0 Å². The number of carbonyl (C=O) groups is 1. The second-order valence-electron chi connectivity index (χ2n) is 3.37. The number of halogens is 1. The molecule has 1 atom stereocenters. The van der Waals surface area contributed by atoms with Gasteiger partial charge >= 0.3 is 0 Å². The van der Waals surface area contributed by atoms with E-state index in [-0.39, 0.29) is 11.9 Å². The molecule has 1 rings (SSSR count). The highest BCUT2D eigenvalue weighted by molar-refractivity contribution is 6.17. The van der Waals surface area contributed by atoms with Gasteiger partial charge in [-0.3, -0.25) is 4.79 Å². The summed E-state index contributed by atoms with van der Waals surface area (Å²) in [5, 5.41) is 2.78. The Hall–Kier alpha value is -1.46. The zero-order valence-electron chi connectivity index (χ0n) is 8.95. The summed E-state index contributed by atoms with van der Waals surface area (Å²) in [6, 6.07) is 9.13. The number of terminal acetylenes is 1. The maximum absolute atomic E-state index is 11.5. The van der Waals surface area contributed by atoms with Gasteiger partial charge in [-0.1, -0.05) is 36.3 Å². The average Bonchev–Trinajstić information content (AvgIpc) is 2.34. The SMILES string of the molecule is C#C[C@H](NC(=O)CCCCl)c1ccccc1. The molecule has 0 aliphatic rings. The van der Waals surface area contributed by atoms with Crippen LogP contribution < -0.4 is 5.32 Å². The number of hydrogen-bond acceptors (Lipinski definition) is 1. The molecule has 16 heavy (non-hydrogen) atoms. The largest absolute Gasteiger partial charge is 0.338 e. The van der Waals surface area contributed by atoms with Crippen molar-refractivity contribution in [3.63, 3.8) is 0 Å². The molecule has 0 spiro atoms. The van der Waals surface area contributed by atoms with Crippen LogP contribution in [-0.2, 0) is 4.79 Å². The minimum absolute atomic E-state index is 0.0625. The summed E-state index contributed by atoms with van der Waals surface area (Å²) in [4.78, 5) is 11.5. The first kappa shape index (κ1) is 12.6. The second-order valence-corrected chi connectivity index (χ2v) is 3.75. The van der Waals surface area contributed by atoms with Crippen molar-refractivity contribution in [3.8, 4) is 12.3 Å². The third-order valence-electron chi connectivity index (χ3n) is 2.14. The van der Waals surface area contributed by atoms with E-state index in [4.69, 9.17) is 18.0 Å². The van der Waals surface area contributed by atoms with Crippen molar-refractivity contribution in [2.45, 2.75) is 18.9 Å². The Kier molecular flexibility index (Phi) is 5.45. The van der Waals surface area contributed by atoms with Gasteiger partial charge in [0.1, 0.15) is 6.04 Å². The van der Waals surface area contributed by atoms with Gasteiger partial charge in [0.25, 0.3) is 0 Å². The minimum Gasteiger partial charge on any atom is -0.338 e. The van der Waals surface area contributed by atoms with Gasteiger partial charge in [-0.25, -0.2) is 0 Å². The predicted molar refractivity (Wildman–Crippen MR) is 66.1 cm³/mol. The Bertz CT molecular complexity index is 369. The zero-order chi connectivity index (χ0) is 11.8. The Labute approximate surface area is 101 Å². The zero-order valence-corrected chi connectivity index (χ0v) is 9.70. The van der Waals surface area contributed by atoms with Crippen molar-refractivity contribution in [3.05, 3.63) is 35.9 Å². The molecule has 0 saturated heterocycles. The van der Waals surface area contributed by atoms with E-state index in [1.165, 1.54) is 0 Å². The van der Waals surface area contributed by atoms with Crippen molar-refractivity contribution in [2.24, 2.45) is 0 Å². The summed E-state index contributed by atoms with van der Waals surface area (Å²) < 4.78 is 0. The van der Waals surface area contributed by atoms with Crippen molar-refractivity contribution in [1.29, 1.82) is 0 Å². The number of alkyl halides is 1. The molecular weight excluding hydrogens is 222 g/mol. The van der Waals surface area contributed by atoms with E-state index in [1.807, 2.05) is 30.3 Å². The van der Waals surface area contributed by atoms with Crippen molar-refractivity contribution < 1.29 is 4.79 Å². The van der Waals surface area contributed by atoms with Gasteiger partial charge < -0.3 is 5.32 Å². The summed E-state index contributed by atoms with van der Waals surface area (Å²) in [6.45, 7) is 0. The molecule has 1 amide bonds. The molecule has 1 N–H and O–H groups in total. The highest BCUT2D eigenvalue weighted by Gasteiger charge is 2.10. The summed E-state index contributed by atoms with van der Waals surface area (Å²) in [5.41, 5.74) is 0.921. The van der Waals surface area contributed by atoms with E-state index in [0.29, 0.717) is 18.7 Å².